The van der Waals surface area contributed by atoms with Crippen LogP contribution in [-0.2, 0) is 0 Å². The summed E-state index contributed by atoms with van der Waals surface area (Å²) in [5.41, 5.74) is 0. The molecule has 1 unspecified atom stereocenters. The van der Waals surface area contributed by atoms with Gasteiger partial charge in [-0.25, -0.2) is 4.39 Å². The van der Waals surface area contributed by atoms with Gasteiger partial charge in [-0.15, -0.1) is 0 Å². The zero-order valence-electron chi connectivity index (χ0n) is 11.6. The van der Waals surface area contributed by atoms with Crippen molar-refractivity contribution >= 4 is 28.1 Å². The van der Waals surface area contributed by atoms with E-state index >= 15 is 0 Å². The zero-order valence-corrected chi connectivity index (χ0v) is 13.2. The van der Waals surface area contributed by atoms with Crippen LogP contribution in [0.3, 0.4) is 0 Å². The molecule has 0 saturated carbocycles. The monoisotopic (exact) mass is 329 g/mol. The Morgan fingerprint density at radius 2 is 2.05 bits per heavy atom. The van der Waals surface area contributed by atoms with Gasteiger partial charge in [0.1, 0.15) is 11.7 Å². The molecular formula is C14H21BrFN3. The lowest BCUT2D eigenvalue weighted by atomic mass is 10.0. The van der Waals surface area contributed by atoms with Crippen molar-refractivity contribution in [3.63, 3.8) is 0 Å². The van der Waals surface area contributed by atoms with Crippen LogP contribution in [0.2, 0.25) is 0 Å². The van der Waals surface area contributed by atoms with Crippen molar-refractivity contribution in [3.05, 3.63) is 34.6 Å². The number of halogens is 2. The minimum absolute atomic E-state index is 0.215. The Hall–Kier alpha value is -1.23. The third-order valence-electron chi connectivity index (χ3n) is 2.68. The molecule has 2 N–H and O–H groups in total. The van der Waals surface area contributed by atoms with Crippen LogP contribution in [0.25, 0.3) is 0 Å². The van der Waals surface area contributed by atoms with Crippen molar-refractivity contribution in [2.75, 3.05) is 7.05 Å². The summed E-state index contributed by atoms with van der Waals surface area (Å²) >= 11 is 3.02. The van der Waals surface area contributed by atoms with Gasteiger partial charge in [-0.2, -0.15) is 0 Å². The summed E-state index contributed by atoms with van der Waals surface area (Å²) in [5.74, 6) is 0.853. The first kappa shape index (κ1) is 17.8. The van der Waals surface area contributed by atoms with Crippen LogP contribution in [-0.4, -0.2) is 24.1 Å². The molecule has 0 fully saturated rings. The number of amidine groups is 1. The van der Waals surface area contributed by atoms with Gasteiger partial charge in [-0.05, 0) is 34.0 Å². The van der Waals surface area contributed by atoms with E-state index in [9.17, 15) is 4.39 Å². The van der Waals surface area contributed by atoms with Crippen molar-refractivity contribution in [1.82, 2.24) is 4.90 Å². The Labute approximate surface area is 123 Å². The van der Waals surface area contributed by atoms with E-state index in [1.54, 1.807) is 25.2 Å². The summed E-state index contributed by atoms with van der Waals surface area (Å²) in [7, 11) is 1.73. The number of benzene rings is 1. The largest absolute Gasteiger partial charge is 0.325 e. The van der Waals surface area contributed by atoms with E-state index in [0.29, 0.717) is 16.2 Å². The second kappa shape index (κ2) is 9.67. The van der Waals surface area contributed by atoms with Crippen molar-refractivity contribution in [3.8, 4) is 0 Å². The first-order valence-electron chi connectivity index (χ1n) is 6.13. The van der Waals surface area contributed by atoms with Gasteiger partial charge in [0.05, 0.1) is 10.8 Å². The Bertz CT molecular complexity index is 388. The summed E-state index contributed by atoms with van der Waals surface area (Å²) in [4.78, 5) is 1.53. The average Bonchev–Trinajstić information content (AvgIpc) is 2.41. The summed E-state index contributed by atoms with van der Waals surface area (Å²) in [6.07, 6.45) is 3.03. The van der Waals surface area contributed by atoms with Crippen molar-refractivity contribution < 1.29 is 4.39 Å². The molecule has 0 aliphatic heterocycles. The second-order valence-electron chi connectivity index (χ2n) is 4.32. The van der Waals surface area contributed by atoms with E-state index in [0.717, 1.165) is 12.8 Å². The van der Waals surface area contributed by atoms with Crippen molar-refractivity contribution in [1.29, 1.82) is 10.8 Å². The predicted octanol–water partition coefficient (Wildman–Crippen LogP) is 4.53. The highest BCUT2D eigenvalue weighted by Gasteiger charge is 2.05. The lowest BCUT2D eigenvalue weighted by Gasteiger charge is -2.16. The summed E-state index contributed by atoms with van der Waals surface area (Å²) in [6.45, 7) is 4.23. The number of nitrogens with zero attached hydrogens (tertiary/aromatic N) is 1. The maximum Gasteiger partial charge on any atom is 0.137 e. The lowest BCUT2D eigenvalue weighted by molar-refractivity contribution is 0.559. The van der Waals surface area contributed by atoms with Crippen LogP contribution < -0.4 is 0 Å². The van der Waals surface area contributed by atoms with Gasteiger partial charge >= 0.3 is 0 Å². The maximum atomic E-state index is 12.3. The van der Waals surface area contributed by atoms with Gasteiger partial charge in [0, 0.05) is 13.5 Å². The lowest BCUT2D eigenvalue weighted by Crippen LogP contribution is -2.25. The highest BCUT2D eigenvalue weighted by Crippen LogP contribution is 2.12. The van der Waals surface area contributed by atoms with Gasteiger partial charge in [-0.3, -0.25) is 10.8 Å². The predicted molar refractivity (Wildman–Crippen MR) is 82.4 cm³/mol. The van der Waals surface area contributed by atoms with Crippen LogP contribution in [0.4, 0.5) is 4.39 Å². The molecule has 0 aliphatic carbocycles. The Morgan fingerprint density at radius 1 is 1.47 bits per heavy atom. The minimum Gasteiger partial charge on any atom is -0.325 e. The first-order valence-corrected chi connectivity index (χ1v) is 6.92. The molecule has 0 saturated heterocycles. The molecule has 1 aromatic rings. The summed E-state index contributed by atoms with van der Waals surface area (Å²) in [6, 6.07) is 6.49. The third kappa shape index (κ3) is 7.72. The van der Waals surface area contributed by atoms with Gasteiger partial charge in [0.25, 0.3) is 0 Å². The van der Waals surface area contributed by atoms with E-state index in [2.05, 4.69) is 29.8 Å². The van der Waals surface area contributed by atoms with Crippen LogP contribution >= 0.6 is 15.9 Å². The number of hydrogen-bond donors (Lipinski definition) is 2. The molecule has 5 heteroatoms. The summed E-state index contributed by atoms with van der Waals surface area (Å²) in [5, 5.41) is 14.4. The highest BCUT2D eigenvalue weighted by atomic mass is 79.9. The molecule has 0 amide bonds. The van der Waals surface area contributed by atoms with Crippen molar-refractivity contribution in [2.24, 2.45) is 5.92 Å². The molecule has 1 aromatic carbocycles. The molecule has 0 aromatic heterocycles. The quantitative estimate of drug-likeness (QED) is 0.619. The van der Waals surface area contributed by atoms with Gasteiger partial charge < -0.3 is 4.90 Å². The Kier molecular flexibility index (Phi) is 9.04. The Morgan fingerprint density at radius 3 is 2.42 bits per heavy atom. The second-order valence-corrected chi connectivity index (χ2v) is 5.17. The van der Waals surface area contributed by atoms with Crippen LogP contribution in [0.5, 0.6) is 0 Å². The maximum absolute atomic E-state index is 12.3. The van der Waals surface area contributed by atoms with Crippen LogP contribution in [0.1, 0.15) is 26.7 Å². The fourth-order valence-corrected chi connectivity index (χ4v) is 1.42. The molecule has 19 heavy (non-hydrogen) atoms. The topological polar surface area (TPSA) is 50.9 Å². The van der Waals surface area contributed by atoms with Crippen LogP contribution in [0, 0.1) is 22.6 Å². The minimum atomic E-state index is -0.215. The third-order valence-corrected chi connectivity index (χ3v) is 3.33. The molecule has 0 radical (unpaired) electrons. The fourth-order valence-electron chi connectivity index (χ4n) is 1.14. The normalized spacial score (nSPS) is 11.0. The molecule has 1 atom stereocenters. The molecular weight excluding hydrogens is 309 g/mol. The number of hydrogen-bond acceptors (Lipinski definition) is 2. The standard InChI is InChI=1S/C8H17N3.C6H4BrF/c1-4-7(2)5-8(10)11(3)6-9;7-5-3-1-2-4-6(5)8/h6-7,9-10H,4-5H2,1-3H3;1-4H. The van der Waals surface area contributed by atoms with E-state index in [1.807, 2.05) is 0 Å². The van der Waals surface area contributed by atoms with Crippen LogP contribution in [0.15, 0.2) is 28.7 Å². The fraction of sp³-hybridized carbons (Fsp3) is 0.429. The molecule has 106 valence electrons. The smallest absolute Gasteiger partial charge is 0.137 e. The average molecular weight is 330 g/mol. The highest BCUT2D eigenvalue weighted by molar-refractivity contribution is 9.10. The number of nitrogens with one attached hydrogen (secondary N) is 2. The molecule has 0 bridgehead atoms. The van der Waals surface area contributed by atoms with E-state index < -0.39 is 0 Å². The van der Waals surface area contributed by atoms with E-state index in [4.69, 9.17) is 10.8 Å². The van der Waals surface area contributed by atoms with Gasteiger partial charge in [0.2, 0.25) is 0 Å². The van der Waals surface area contributed by atoms with Gasteiger partial charge in [0.15, 0.2) is 0 Å². The number of rotatable bonds is 4. The van der Waals surface area contributed by atoms with E-state index in [-0.39, 0.29) is 5.82 Å². The molecule has 1 rings (SSSR count). The first-order chi connectivity index (χ1) is 8.92. The van der Waals surface area contributed by atoms with E-state index in [1.165, 1.54) is 17.3 Å². The Balaban J connectivity index is 0.000000356. The molecule has 0 heterocycles. The summed E-state index contributed by atoms with van der Waals surface area (Å²) < 4.78 is 12.8. The van der Waals surface area contributed by atoms with Crippen molar-refractivity contribution in [2.45, 2.75) is 26.7 Å². The molecule has 3 nitrogen and oxygen atoms in total. The molecule has 0 spiro atoms. The molecule has 0 aliphatic rings. The SMILES string of the molecule is CCC(C)CC(=N)N(C)C=N.Fc1ccccc1Br. The van der Waals surface area contributed by atoms with Gasteiger partial charge in [-0.1, -0.05) is 32.4 Å². The zero-order chi connectivity index (χ0) is 14.8.